The zero-order chi connectivity index (χ0) is 13.1. The van der Waals surface area contributed by atoms with Gasteiger partial charge in [0.25, 0.3) is 0 Å². The Morgan fingerprint density at radius 2 is 2.00 bits per heavy atom. The topological polar surface area (TPSA) is 22.1 Å². The minimum atomic E-state index is 0.396. The van der Waals surface area contributed by atoms with Crippen LogP contribution < -0.4 is 4.74 Å². The van der Waals surface area contributed by atoms with Crippen LogP contribution in [0, 0.1) is 0 Å². The summed E-state index contributed by atoms with van der Waals surface area (Å²) in [6.45, 7) is 4.26. The molecule has 2 nitrogen and oxygen atoms in total. The molecule has 0 aliphatic rings. The van der Waals surface area contributed by atoms with Gasteiger partial charge >= 0.3 is 0 Å². The highest BCUT2D eigenvalue weighted by molar-refractivity contribution is 9.10. The Balaban J connectivity index is 2.34. The summed E-state index contributed by atoms with van der Waals surface area (Å²) in [7, 11) is 0. The van der Waals surface area contributed by atoms with Gasteiger partial charge in [-0.05, 0) is 39.5 Å². The second-order valence-corrected chi connectivity index (χ2v) is 5.53. The van der Waals surface area contributed by atoms with Crippen molar-refractivity contribution in [2.45, 2.75) is 19.8 Å². The van der Waals surface area contributed by atoms with Gasteiger partial charge in [0.05, 0.1) is 9.50 Å². The van der Waals surface area contributed by atoms with Crippen LogP contribution in [-0.2, 0) is 0 Å². The van der Waals surface area contributed by atoms with Crippen LogP contribution in [0.25, 0.3) is 0 Å². The third-order valence-corrected chi connectivity index (χ3v) is 3.30. The number of halogens is 2. The van der Waals surface area contributed by atoms with Crippen LogP contribution in [0.15, 0.2) is 41.0 Å². The summed E-state index contributed by atoms with van der Waals surface area (Å²) in [6, 6.07) is 9.72. The number of pyridine rings is 1. The van der Waals surface area contributed by atoms with Crippen molar-refractivity contribution in [1.29, 1.82) is 0 Å². The molecule has 0 saturated heterocycles. The van der Waals surface area contributed by atoms with Crippen molar-refractivity contribution in [3.8, 4) is 11.6 Å². The van der Waals surface area contributed by atoms with Crippen molar-refractivity contribution >= 4 is 27.5 Å². The monoisotopic (exact) mass is 325 g/mol. The summed E-state index contributed by atoms with van der Waals surface area (Å²) in [6.07, 6.45) is 1.57. The van der Waals surface area contributed by atoms with Crippen LogP contribution in [-0.4, -0.2) is 4.98 Å². The SMILES string of the molecule is CC(C)c1ccccc1Oc1ncc(Cl)cc1Br. The van der Waals surface area contributed by atoms with Crippen LogP contribution >= 0.6 is 27.5 Å². The van der Waals surface area contributed by atoms with Crippen molar-refractivity contribution in [2.75, 3.05) is 0 Å². The lowest BCUT2D eigenvalue weighted by atomic mass is 10.0. The second-order valence-electron chi connectivity index (χ2n) is 4.24. The Kier molecular flexibility index (Phi) is 4.25. The van der Waals surface area contributed by atoms with E-state index >= 15 is 0 Å². The second kappa shape index (κ2) is 5.72. The first-order valence-corrected chi connectivity index (χ1v) is 6.83. The molecule has 0 radical (unpaired) electrons. The fourth-order valence-corrected chi connectivity index (χ4v) is 2.35. The van der Waals surface area contributed by atoms with E-state index in [-0.39, 0.29) is 0 Å². The molecule has 0 aliphatic carbocycles. The summed E-state index contributed by atoms with van der Waals surface area (Å²) in [5, 5.41) is 0.575. The molecule has 0 spiro atoms. The molecule has 2 aromatic rings. The van der Waals surface area contributed by atoms with E-state index in [9.17, 15) is 0 Å². The van der Waals surface area contributed by atoms with Gasteiger partial charge in [0.15, 0.2) is 0 Å². The molecule has 18 heavy (non-hydrogen) atoms. The highest BCUT2D eigenvalue weighted by atomic mass is 79.9. The van der Waals surface area contributed by atoms with Crippen molar-refractivity contribution in [3.05, 3.63) is 51.6 Å². The maximum Gasteiger partial charge on any atom is 0.233 e. The number of hydrogen-bond acceptors (Lipinski definition) is 2. The third kappa shape index (κ3) is 3.03. The molecular formula is C14H13BrClNO. The number of rotatable bonds is 3. The Labute approximate surface area is 120 Å². The lowest BCUT2D eigenvalue weighted by molar-refractivity contribution is 0.451. The molecule has 1 aromatic heterocycles. The van der Waals surface area contributed by atoms with E-state index in [0.29, 0.717) is 16.8 Å². The predicted octanol–water partition coefficient (Wildman–Crippen LogP) is 5.41. The van der Waals surface area contributed by atoms with Crippen LogP contribution in [0.1, 0.15) is 25.3 Å². The number of para-hydroxylation sites is 1. The number of hydrogen-bond donors (Lipinski definition) is 0. The molecule has 0 bridgehead atoms. The van der Waals surface area contributed by atoms with Gasteiger partial charge in [0, 0.05) is 6.20 Å². The normalized spacial score (nSPS) is 10.7. The summed E-state index contributed by atoms with van der Waals surface area (Å²) in [5.41, 5.74) is 1.15. The molecule has 2 rings (SSSR count). The predicted molar refractivity (Wildman–Crippen MR) is 77.6 cm³/mol. The smallest absolute Gasteiger partial charge is 0.233 e. The number of aromatic nitrogens is 1. The summed E-state index contributed by atoms with van der Waals surface area (Å²) in [5.74, 6) is 1.74. The molecule has 4 heteroatoms. The first-order valence-electron chi connectivity index (χ1n) is 5.65. The molecule has 94 valence electrons. The lowest BCUT2D eigenvalue weighted by Gasteiger charge is -2.13. The van der Waals surface area contributed by atoms with E-state index in [2.05, 4.69) is 40.8 Å². The zero-order valence-electron chi connectivity index (χ0n) is 10.2. The Morgan fingerprint density at radius 3 is 2.67 bits per heavy atom. The van der Waals surface area contributed by atoms with Gasteiger partial charge in [-0.2, -0.15) is 0 Å². The van der Waals surface area contributed by atoms with Crippen molar-refractivity contribution in [1.82, 2.24) is 4.98 Å². The quantitative estimate of drug-likeness (QED) is 0.752. The fraction of sp³-hybridized carbons (Fsp3) is 0.214. The number of benzene rings is 1. The average Bonchev–Trinajstić information content (AvgIpc) is 2.33. The summed E-state index contributed by atoms with van der Waals surface area (Å²) >= 11 is 9.25. The van der Waals surface area contributed by atoms with E-state index in [4.69, 9.17) is 16.3 Å². The van der Waals surface area contributed by atoms with Gasteiger partial charge in [-0.1, -0.05) is 43.6 Å². The Hall–Kier alpha value is -1.06. The van der Waals surface area contributed by atoms with E-state index < -0.39 is 0 Å². The fourth-order valence-electron chi connectivity index (χ4n) is 1.63. The van der Waals surface area contributed by atoms with Crippen LogP contribution in [0.5, 0.6) is 11.6 Å². The largest absolute Gasteiger partial charge is 0.438 e. The van der Waals surface area contributed by atoms with Gasteiger partial charge in [0.1, 0.15) is 5.75 Å². The van der Waals surface area contributed by atoms with E-state index in [1.165, 1.54) is 0 Å². The highest BCUT2D eigenvalue weighted by Crippen LogP contribution is 2.33. The van der Waals surface area contributed by atoms with E-state index in [0.717, 1.165) is 15.8 Å². The lowest BCUT2D eigenvalue weighted by Crippen LogP contribution is -1.95. The molecule has 0 atom stereocenters. The molecule has 0 saturated carbocycles. The maximum absolute atomic E-state index is 5.85. The van der Waals surface area contributed by atoms with Crippen LogP contribution in [0.3, 0.4) is 0 Å². The molecule has 1 heterocycles. The van der Waals surface area contributed by atoms with E-state index in [1.54, 1.807) is 12.3 Å². The van der Waals surface area contributed by atoms with Crippen molar-refractivity contribution in [2.24, 2.45) is 0 Å². The molecule has 0 amide bonds. The number of nitrogens with zero attached hydrogens (tertiary/aromatic N) is 1. The van der Waals surface area contributed by atoms with Gasteiger partial charge < -0.3 is 4.74 Å². The molecule has 0 fully saturated rings. The van der Waals surface area contributed by atoms with Crippen molar-refractivity contribution < 1.29 is 4.74 Å². The van der Waals surface area contributed by atoms with Crippen LogP contribution in [0.4, 0.5) is 0 Å². The van der Waals surface area contributed by atoms with E-state index in [1.807, 2.05) is 18.2 Å². The minimum Gasteiger partial charge on any atom is -0.438 e. The summed E-state index contributed by atoms with van der Waals surface area (Å²) in [4.78, 5) is 4.17. The summed E-state index contributed by atoms with van der Waals surface area (Å²) < 4.78 is 6.58. The first kappa shape index (κ1) is 13.4. The minimum absolute atomic E-state index is 0.396. The standard InChI is InChI=1S/C14H13BrClNO/c1-9(2)11-5-3-4-6-13(11)18-14-12(15)7-10(16)8-17-14/h3-9H,1-2H3. The van der Waals surface area contributed by atoms with Gasteiger partial charge in [-0.3, -0.25) is 0 Å². The Bertz CT molecular complexity index is 557. The van der Waals surface area contributed by atoms with Gasteiger partial charge in [-0.15, -0.1) is 0 Å². The third-order valence-electron chi connectivity index (χ3n) is 2.52. The molecule has 0 N–H and O–H groups in total. The number of ether oxygens (including phenoxy) is 1. The van der Waals surface area contributed by atoms with Gasteiger partial charge in [-0.25, -0.2) is 4.98 Å². The average molecular weight is 327 g/mol. The zero-order valence-corrected chi connectivity index (χ0v) is 12.5. The Morgan fingerprint density at radius 1 is 1.28 bits per heavy atom. The molecule has 1 aromatic carbocycles. The van der Waals surface area contributed by atoms with Gasteiger partial charge in [0.2, 0.25) is 5.88 Å². The molecular weight excluding hydrogens is 314 g/mol. The first-order chi connectivity index (χ1) is 8.58. The van der Waals surface area contributed by atoms with Crippen molar-refractivity contribution in [3.63, 3.8) is 0 Å². The maximum atomic E-state index is 5.85. The molecule has 0 unspecified atom stereocenters. The van der Waals surface area contributed by atoms with Crippen LogP contribution in [0.2, 0.25) is 5.02 Å². The highest BCUT2D eigenvalue weighted by Gasteiger charge is 2.10. The molecule has 0 aliphatic heterocycles.